The zero-order valence-corrected chi connectivity index (χ0v) is 9.05. The van der Waals surface area contributed by atoms with Crippen LogP contribution >= 0.6 is 0 Å². The third kappa shape index (κ3) is 3.81. The van der Waals surface area contributed by atoms with E-state index in [1.807, 2.05) is 13.8 Å². The lowest BCUT2D eigenvalue weighted by atomic mass is 10.5. The third-order valence-electron chi connectivity index (χ3n) is 1.84. The molecule has 0 saturated heterocycles. The molecule has 1 aromatic heterocycles. The lowest BCUT2D eigenvalue weighted by Crippen LogP contribution is -2.29. The molecule has 84 valence electrons. The van der Waals surface area contributed by atoms with E-state index in [4.69, 9.17) is 9.47 Å². The number of rotatable bonds is 6. The fourth-order valence-corrected chi connectivity index (χ4v) is 1.20. The van der Waals surface area contributed by atoms with Crippen LogP contribution in [-0.4, -0.2) is 29.1 Å². The number of ether oxygens (including phenoxy) is 2. The van der Waals surface area contributed by atoms with Crippen LogP contribution in [0.1, 0.15) is 13.8 Å². The normalized spacial score (nSPS) is 10.9. The van der Waals surface area contributed by atoms with E-state index in [-0.39, 0.29) is 11.8 Å². The van der Waals surface area contributed by atoms with Crippen LogP contribution < -0.4 is 5.56 Å². The van der Waals surface area contributed by atoms with Gasteiger partial charge in [0.25, 0.3) is 5.56 Å². The minimum absolute atomic E-state index is 0.102. The average molecular weight is 212 g/mol. The maximum absolute atomic E-state index is 11.4. The maximum atomic E-state index is 11.4. The van der Waals surface area contributed by atoms with Crippen molar-refractivity contribution in [3.05, 3.63) is 28.9 Å². The summed E-state index contributed by atoms with van der Waals surface area (Å²) in [5, 5.41) is 0. The van der Waals surface area contributed by atoms with Crippen LogP contribution in [0.3, 0.4) is 0 Å². The molecule has 1 aromatic rings. The fraction of sp³-hybridized carbons (Fsp3) is 0.600. The van der Waals surface area contributed by atoms with Gasteiger partial charge in [-0.3, -0.25) is 9.36 Å². The molecule has 0 aliphatic rings. The summed E-state index contributed by atoms with van der Waals surface area (Å²) >= 11 is 0. The topological polar surface area (TPSA) is 53.4 Å². The molecule has 0 spiro atoms. The van der Waals surface area contributed by atoms with Crippen molar-refractivity contribution in [2.75, 3.05) is 13.2 Å². The first kappa shape index (κ1) is 11.9. The van der Waals surface area contributed by atoms with Crippen molar-refractivity contribution < 1.29 is 9.47 Å². The van der Waals surface area contributed by atoms with Gasteiger partial charge in [0.05, 0.1) is 12.9 Å². The molecule has 0 atom stereocenters. The molecule has 0 amide bonds. The minimum atomic E-state index is -0.387. The van der Waals surface area contributed by atoms with Crippen molar-refractivity contribution in [2.24, 2.45) is 0 Å². The second-order valence-corrected chi connectivity index (χ2v) is 2.91. The first-order valence-electron chi connectivity index (χ1n) is 5.01. The van der Waals surface area contributed by atoms with Crippen molar-refractivity contribution in [3.8, 4) is 0 Å². The third-order valence-corrected chi connectivity index (χ3v) is 1.84. The molecular weight excluding hydrogens is 196 g/mol. The first-order valence-corrected chi connectivity index (χ1v) is 5.01. The van der Waals surface area contributed by atoms with Gasteiger partial charge in [0.1, 0.15) is 0 Å². The summed E-state index contributed by atoms with van der Waals surface area (Å²) in [6, 6.07) is 1.41. The molecule has 15 heavy (non-hydrogen) atoms. The molecule has 0 N–H and O–H groups in total. The smallest absolute Gasteiger partial charge is 0.253 e. The van der Waals surface area contributed by atoms with Crippen LogP contribution in [0.15, 0.2) is 23.4 Å². The minimum Gasteiger partial charge on any atom is -0.351 e. The highest BCUT2D eigenvalue weighted by Gasteiger charge is 2.09. The summed E-state index contributed by atoms with van der Waals surface area (Å²) in [5.74, 6) is 0. The molecule has 0 fully saturated rings. The monoisotopic (exact) mass is 212 g/mol. The Balaban J connectivity index is 2.65. The second kappa shape index (κ2) is 6.31. The van der Waals surface area contributed by atoms with Gasteiger partial charge < -0.3 is 9.47 Å². The van der Waals surface area contributed by atoms with Gasteiger partial charge in [-0.05, 0) is 13.8 Å². The van der Waals surface area contributed by atoms with Gasteiger partial charge >= 0.3 is 0 Å². The van der Waals surface area contributed by atoms with Gasteiger partial charge in [0, 0.05) is 25.5 Å². The molecule has 0 radical (unpaired) electrons. The molecular formula is C10H16N2O3. The Hall–Kier alpha value is -1.20. The van der Waals surface area contributed by atoms with E-state index in [2.05, 4.69) is 4.98 Å². The average Bonchev–Trinajstić information content (AvgIpc) is 2.22. The predicted octanol–water partition coefficient (Wildman–Crippen LogP) is 0.642. The van der Waals surface area contributed by atoms with E-state index in [0.717, 1.165) is 0 Å². The molecule has 0 saturated carbocycles. The Morgan fingerprint density at radius 3 is 2.60 bits per heavy atom. The standard InChI is InChI=1S/C10H16N2O3/c1-3-14-10(15-4-2)7-12-8-11-6-5-9(12)13/h5-6,8,10H,3-4,7H2,1-2H3. The molecule has 0 unspecified atom stereocenters. The number of nitrogens with zero attached hydrogens (tertiary/aromatic N) is 2. The van der Waals surface area contributed by atoms with E-state index < -0.39 is 0 Å². The van der Waals surface area contributed by atoms with Gasteiger partial charge in [0.2, 0.25) is 0 Å². The number of aromatic nitrogens is 2. The highest BCUT2D eigenvalue weighted by atomic mass is 16.7. The molecule has 5 nitrogen and oxygen atoms in total. The lowest BCUT2D eigenvalue weighted by molar-refractivity contribution is -0.144. The fourth-order valence-electron chi connectivity index (χ4n) is 1.20. The molecule has 0 bridgehead atoms. The van der Waals surface area contributed by atoms with Gasteiger partial charge in [0.15, 0.2) is 6.29 Å². The molecule has 0 aliphatic heterocycles. The molecule has 1 rings (SSSR count). The maximum Gasteiger partial charge on any atom is 0.253 e. The summed E-state index contributed by atoms with van der Waals surface area (Å²) < 4.78 is 12.1. The van der Waals surface area contributed by atoms with E-state index in [9.17, 15) is 4.79 Å². The zero-order valence-electron chi connectivity index (χ0n) is 9.05. The Kier molecular flexibility index (Phi) is 5.00. The van der Waals surface area contributed by atoms with Gasteiger partial charge in [-0.15, -0.1) is 0 Å². The SMILES string of the molecule is CCOC(Cn1cnccc1=O)OCC. The van der Waals surface area contributed by atoms with Crippen LogP contribution in [0.5, 0.6) is 0 Å². The molecule has 1 heterocycles. The summed E-state index contributed by atoms with van der Waals surface area (Å²) in [6.45, 7) is 5.25. The Morgan fingerprint density at radius 1 is 1.40 bits per heavy atom. The Morgan fingerprint density at radius 2 is 2.07 bits per heavy atom. The van der Waals surface area contributed by atoms with Crippen LogP contribution in [-0.2, 0) is 16.0 Å². The highest BCUT2D eigenvalue weighted by Crippen LogP contribution is 1.97. The number of hydrogen-bond acceptors (Lipinski definition) is 4. The van der Waals surface area contributed by atoms with E-state index in [1.165, 1.54) is 23.2 Å². The van der Waals surface area contributed by atoms with E-state index >= 15 is 0 Å². The Bertz CT molecular complexity index is 331. The predicted molar refractivity (Wildman–Crippen MR) is 55.5 cm³/mol. The largest absolute Gasteiger partial charge is 0.351 e. The van der Waals surface area contributed by atoms with Crippen molar-refractivity contribution in [1.29, 1.82) is 0 Å². The summed E-state index contributed by atoms with van der Waals surface area (Å²) in [4.78, 5) is 15.2. The van der Waals surface area contributed by atoms with Crippen molar-refractivity contribution in [3.63, 3.8) is 0 Å². The molecule has 5 heteroatoms. The zero-order chi connectivity index (χ0) is 11.1. The lowest BCUT2D eigenvalue weighted by Gasteiger charge is -2.17. The highest BCUT2D eigenvalue weighted by molar-refractivity contribution is 4.82. The quantitative estimate of drug-likeness (QED) is 0.649. The van der Waals surface area contributed by atoms with Crippen LogP contribution in [0, 0.1) is 0 Å². The summed E-state index contributed by atoms with van der Waals surface area (Å²) in [6.07, 6.45) is 2.56. The van der Waals surface area contributed by atoms with Gasteiger partial charge in [-0.2, -0.15) is 0 Å². The summed E-state index contributed by atoms with van der Waals surface area (Å²) in [5.41, 5.74) is -0.102. The molecule has 0 aliphatic carbocycles. The van der Waals surface area contributed by atoms with E-state index in [0.29, 0.717) is 19.8 Å². The van der Waals surface area contributed by atoms with Crippen molar-refractivity contribution in [1.82, 2.24) is 9.55 Å². The van der Waals surface area contributed by atoms with Crippen LogP contribution in [0.4, 0.5) is 0 Å². The van der Waals surface area contributed by atoms with Crippen LogP contribution in [0.2, 0.25) is 0 Å². The number of hydrogen-bond donors (Lipinski definition) is 0. The molecule has 0 aromatic carbocycles. The Labute approximate surface area is 88.7 Å². The van der Waals surface area contributed by atoms with Gasteiger partial charge in [-0.1, -0.05) is 0 Å². The van der Waals surface area contributed by atoms with Crippen molar-refractivity contribution in [2.45, 2.75) is 26.7 Å². The second-order valence-electron chi connectivity index (χ2n) is 2.91. The van der Waals surface area contributed by atoms with Gasteiger partial charge in [-0.25, -0.2) is 4.98 Å². The summed E-state index contributed by atoms with van der Waals surface area (Å²) in [7, 11) is 0. The van der Waals surface area contributed by atoms with E-state index in [1.54, 1.807) is 0 Å². The van der Waals surface area contributed by atoms with Crippen molar-refractivity contribution >= 4 is 0 Å². The van der Waals surface area contributed by atoms with Crippen LogP contribution in [0.25, 0.3) is 0 Å². The first-order chi connectivity index (χ1) is 7.27.